The second kappa shape index (κ2) is 4.31. The first-order valence-corrected chi connectivity index (χ1v) is 6.72. The molecule has 4 N–H and O–H groups in total. The van der Waals surface area contributed by atoms with Crippen LogP contribution in [0.5, 0.6) is 0 Å². The number of aromatic amines is 1. The maximum atomic E-state index is 5.86. The summed E-state index contributed by atoms with van der Waals surface area (Å²) in [4.78, 5) is 4.46. The number of para-hydroxylation sites is 1. The fraction of sp³-hybridized carbons (Fsp3) is 0.200. The van der Waals surface area contributed by atoms with Gasteiger partial charge in [-0.05, 0) is 24.1 Å². The Balaban J connectivity index is 1.60. The fourth-order valence-corrected chi connectivity index (χ4v) is 2.51. The van der Waals surface area contributed by atoms with Gasteiger partial charge in [0, 0.05) is 23.5 Å². The zero-order valence-corrected chi connectivity index (χ0v) is 10.9. The fourth-order valence-electron chi connectivity index (χ4n) is 2.51. The molecular formula is C15H15N5. The maximum absolute atomic E-state index is 5.86. The van der Waals surface area contributed by atoms with E-state index in [-0.39, 0.29) is 0 Å². The predicted molar refractivity (Wildman–Crippen MR) is 78.9 cm³/mol. The Kier molecular flexibility index (Phi) is 2.47. The van der Waals surface area contributed by atoms with E-state index in [1.54, 1.807) is 0 Å². The molecule has 5 nitrogen and oxygen atoms in total. The zero-order chi connectivity index (χ0) is 13.5. The molecule has 1 aromatic carbocycles. The average molecular weight is 265 g/mol. The third-order valence-electron chi connectivity index (χ3n) is 3.79. The van der Waals surface area contributed by atoms with Crippen molar-refractivity contribution in [3.05, 3.63) is 48.3 Å². The lowest BCUT2D eigenvalue weighted by atomic mass is 10.2. The highest BCUT2D eigenvalue weighted by Crippen LogP contribution is 2.38. The van der Waals surface area contributed by atoms with E-state index in [4.69, 9.17) is 5.73 Å². The van der Waals surface area contributed by atoms with Gasteiger partial charge in [-0.1, -0.05) is 18.2 Å². The molecular weight excluding hydrogens is 250 g/mol. The molecule has 0 saturated heterocycles. The number of fused-ring (bicyclic) bond motifs is 1. The van der Waals surface area contributed by atoms with Gasteiger partial charge in [0.25, 0.3) is 0 Å². The first-order chi connectivity index (χ1) is 9.81. The van der Waals surface area contributed by atoms with Gasteiger partial charge in [-0.25, -0.2) is 4.98 Å². The monoisotopic (exact) mass is 265 g/mol. The van der Waals surface area contributed by atoms with Crippen molar-refractivity contribution in [2.45, 2.75) is 18.4 Å². The molecule has 2 aromatic heterocycles. The summed E-state index contributed by atoms with van der Waals surface area (Å²) in [5.41, 5.74) is 9.04. The van der Waals surface area contributed by atoms with Crippen LogP contribution in [0.25, 0.3) is 10.9 Å². The minimum atomic E-state index is 0.314. The lowest BCUT2D eigenvalue weighted by Crippen LogP contribution is -2.01. The van der Waals surface area contributed by atoms with Gasteiger partial charge in [-0.15, -0.1) is 0 Å². The van der Waals surface area contributed by atoms with Crippen molar-refractivity contribution in [2.24, 2.45) is 5.73 Å². The molecule has 0 radical (unpaired) electrons. The largest absolute Gasteiger partial charge is 0.338 e. The highest BCUT2D eigenvalue weighted by molar-refractivity contribution is 5.91. The summed E-state index contributed by atoms with van der Waals surface area (Å²) in [6.07, 6.45) is 4.79. The molecule has 4 rings (SSSR count). The van der Waals surface area contributed by atoms with E-state index in [0.717, 1.165) is 28.8 Å². The molecule has 2 atom stereocenters. The van der Waals surface area contributed by atoms with Gasteiger partial charge in [0.15, 0.2) is 0 Å². The van der Waals surface area contributed by atoms with Crippen molar-refractivity contribution >= 4 is 22.4 Å². The first-order valence-electron chi connectivity index (χ1n) is 6.72. The number of benzene rings is 1. The second-order valence-corrected chi connectivity index (χ2v) is 5.25. The van der Waals surface area contributed by atoms with Crippen molar-refractivity contribution in [2.75, 3.05) is 5.32 Å². The number of hydrogen-bond acceptors (Lipinski definition) is 4. The Morgan fingerprint density at radius 3 is 2.85 bits per heavy atom. The van der Waals surface area contributed by atoms with E-state index in [1.807, 2.05) is 36.7 Å². The SMILES string of the molecule is NC1CC1c1ccc(Nc2cccc3cn[nH]c23)nc1. The van der Waals surface area contributed by atoms with Crippen LogP contribution in [0.4, 0.5) is 11.5 Å². The summed E-state index contributed by atoms with van der Waals surface area (Å²) >= 11 is 0. The highest BCUT2D eigenvalue weighted by Gasteiger charge is 2.34. The Morgan fingerprint density at radius 2 is 2.10 bits per heavy atom. The van der Waals surface area contributed by atoms with E-state index >= 15 is 0 Å². The maximum Gasteiger partial charge on any atom is 0.130 e. The van der Waals surface area contributed by atoms with Crippen LogP contribution in [-0.2, 0) is 0 Å². The summed E-state index contributed by atoms with van der Waals surface area (Å²) in [5, 5.41) is 11.5. The summed E-state index contributed by atoms with van der Waals surface area (Å²) in [5.74, 6) is 1.32. The molecule has 0 bridgehead atoms. The Bertz CT molecular complexity index is 746. The van der Waals surface area contributed by atoms with Gasteiger partial charge < -0.3 is 11.1 Å². The lowest BCUT2D eigenvalue weighted by Gasteiger charge is -2.07. The van der Waals surface area contributed by atoms with Crippen LogP contribution in [0.2, 0.25) is 0 Å². The molecule has 20 heavy (non-hydrogen) atoms. The van der Waals surface area contributed by atoms with Crippen molar-refractivity contribution in [1.82, 2.24) is 15.2 Å². The number of aromatic nitrogens is 3. The predicted octanol–water partition coefficient (Wildman–Crippen LogP) is 2.52. The Morgan fingerprint density at radius 1 is 1.20 bits per heavy atom. The molecule has 1 fully saturated rings. The second-order valence-electron chi connectivity index (χ2n) is 5.25. The van der Waals surface area contributed by atoms with Gasteiger partial charge >= 0.3 is 0 Å². The van der Waals surface area contributed by atoms with Crippen molar-refractivity contribution < 1.29 is 0 Å². The van der Waals surface area contributed by atoms with E-state index in [0.29, 0.717) is 12.0 Å². The van der Waals surface area contributed by atoms with Crippen molar-refractivity contribution in [3.63, 3.8) is 0 Å². The van der Waals surface area contributed by atoms with Gasteiger partial charge in [0.1, 0.15) is 5.82 Å². The van der Waals surface area contributed by atoms with Gasteiger partial charge in [0.05, 0.1) is 17.4 Å². The van der Waals surface area contributed by atoms with E-state index < -0.39 is 0 Å². The molecule has 3 aromatic rings. The standard InChI is InChI=1S/C15H15N5/c16-12-6-11(12)9-4-5-14(17-7-9)19-13-3-1-2-10-8-18-20-15(10)13/h1-5,7-8,11-12H,6,16H2,(H,17,19)(H,18,20). The third kappa shape index (κ3) is 1.92. The van der Waals surface area contributed by atoms with Crippen LogP contribution in [-0.4, -0.2) is 21.2 Å². The first kappa shape index (κ1) is 11.4. The van der Waals surface area contributed by atoms with Crippen LogP contribution < -0.4 is 11.1 Å². The van der Waals surface area contributed by atoms with Gasteiger partial charge in [-0.3, -0.25) is 5.10 Å². The quantitative estimate of drug-likeness (QED) is 0.680. The summed E-state index contributed by atoms with van der Waals surface area (Å²) < 4.78 is 0. The van der Waals surface area contributed by atoms with Crippen molar-refractivity contribution in [1.29, 1.82) is 0 Å². The number of pyridine rings is 1. The normalized spacial score (nSPS) is 21.1. The lowest BCUT2D eigenvalue weighted by molar-refractivity contribution is 0.981. The smallest absolute Gasteiger partial charge is 0.130 e. The molecule has 0 spiro atoms. The molecule has 2 unspecified atom stereocenters. The van der Waals surface area contributed by atoms with Gasteiger partial charge in [0.2, 0.25) is 0 Å². The number of anilines is 2. The minimum Gasteiger partial charge on any atom is -0.338 e. The van der Waals surface area contributed by atoms with Crippen LogP contribution >= 0.6 is 0 Å². The molecule has 1 aliphatic rings. The van der Waals surface area contributed by atoms with Crippen LogP contribution in [0.15, 0.2) is 42.7 Å². The molecule has 100 valence electrons. The number of hydrogen-bond donors (Lipinski definition) is 3. The topological polar surface area (TPSA) is 79.6 Å². The summed E-state index contributed by atoms with van der Waals surface area (Å²) in [6.45, 7) is 0. The number of nitrogens with zero attached hydrogens (tertiary/aromatic N) is 2. The minimum absolute atomic E-state index is 0.314. The van der Waals surface area contributed by atoms with Crippen LogP contribution in [0, 0.1) is 0 Å². The summed E-state index contributed by atoms with van der Waals surface area (Å²) in [6, 6.07) is 10.4. The van der Waals surface area contributed by atoms with Crippen LogP contribution in [0.3, 0.4) is 0 Å². The zero-order valence-electron chi connectivity index (χ0n) is 10.9. The van der Waals surface area contributed by atoms with E-state index in [9.17, 15) is 0 Å². The molecule has 5 heteroatoms. The number of nitrogens with one attached hydrogen (secondary N) is 2. The van der Waals surface area contributed by atoms with Crippen molar-refractivity contribution in [3.8, 4) is 0 Å². The molecule has 1 saturated carbocycles. The number of H-pyrrole nitrogens is 1. The highest BCUT2D eigenvalue weighted by atomic mass is 15.1. The molecule has 0 aliphatic heterocycles. The Hall–Kier alpha value is -2.40. The molecule has 2 heterocycles. The van der Waals surface area contributed by atoms with Gasteiger partial charge in [-0.2, -0.15) is 5.10 Å². The molecule has 1 aliphatic carbocycles. The third-order valence-corrected chi connectivity index (χ3v) is 3.79. The van der Waals surface area contributed by atoms with E-state index in [2.05, 4.69) is 26.6 Å². The van der Waals surface area contributed by atoms with Crippen LogP contribution in [0.1, 0.15) is 17.9 Å². The molecule has 0 amide bonds. The summed E-state index contributed by atoms with van der Waals surface area (Å²) in [7, 11) is 0. The van der Waals surface area contributed by atoms with E-state index in [1.165, 1.54) is 5.56 Å². The number of rotatable bonds is 3. The average Bonchev–Trinajstić information content (AvgIpc) is 3.01. The Labute approximate surface area is 116 Å². The number of nitrogens with two attached hydrogens (primary N) is 1.